The number of ether oxygens (including phenoxy) is 1. The fraction of sp³-hybridized carbons (Fsp3) is 0.413. The van der Waals surface area contributed by atoms with Crippen LogP contribution in [0, 0.1) is 46.9 Å². The molecule has 17 nitrogen and oxygen atoms in total. The Labute approximate surface area is 581 Å². The van der Waals surface area contributed by atoms with E-state index >= 15 is 17.6 Å². The van der Waals surface area contributed by atoms with E-state index in [1.165, 1.54) is 37.7 Å². The zero-order valence-electron chi connectivity index (χ0n) is 56.4. The summed E-state index contributed by atoms with van der Waals surface area (Å²) < 4.78 is 94.8. The zero-order valence-corrected chi connectivity index (χ0v) is 56.4. The fourth-order valence-corrected chi connectivity index (χ4v) is 13.9. The number of rotatable bonds is 18. The molecule has 0 spiro atoms. The van der Waals surface area contributed by atoms with Crippen LogP contribution in [0.25, 0.3) is 44.1 Å². The monoisotopic (exact) mass is 1360 g/mol. The second-order valence-electron chi connectivity index (χ2n) is 27.1. The van der Waals surface area contributed by atoms with Gasteiger partial charge in [-0.3, -0.25) is 28.8 Å². The second kappa shape index (κ2) is 31.8. The number of carboxylic acids is 1. The summed E-state index contributed by atoms with van der Waals surface area (Å²) in [5.74, 6) is -5.81. The molecule has 2 fully saturated rings. The molecule has 6 heterocycles. The quantitative estimate of drug-likeness (QED) is 0.0305. The van der Waals surface area contributed by atoms with Gasteiger partial charge < -0.3 is 45.7 Å². The molecule has 99 heavy (non-hydrogen) atoms. The number of aromatic amines is 2. The van der Waals surface area contributed by atoms with Crippen LogP contribution in [-0.2, 0) is 40.0 Å². The van der Waals surface area contributed by atoms with Crippen LogP contribution in [0.3, 0.4) is 0 Å². The minimum Gasteiger partial charge on any atom is -0.870 e. The van der Waals surface area contributed by atoms with Gasteiger partial charge in [-0.25, -0.2) is 36.3 Å². The van der Waals surface area contributed by atoms with Crippen molar-refractivity contribution < 1.29 is 79.7 Å². The van der Waals surface area contributed by atoms with Crippen molar-refractivity contribution in [1.29, 1.82) is 0 Å². The van der Waals surface area contributed by atoms with Crippen LogP contribution in [0.5, 0.6) is 0 Å². The average molecular weight is 1360 g/mol. The molecule has 2 aliphatic heterocycles. The molecule has 0 saturated carbocycles. The Bertz CT molecular complexity index is 4390. The van der Waals surface area contributed by atoms with Gasteiger partial charge in [0.15, 0.2) is 11.6 Å². The number of carbonyl (C=O) groups is 4. The molecule has 518 valence electrons. The number of carbonyl (C=O) groups excluding carboxylic acids is 3. The van der Waals surface area contributed by atoms with Gasteiger partial charge in [0.05, 0.1) is 31.0 Å². The van der Waals surface area contributed by atoms with E-state index in [4.69, 9.17) is 4.74 Å². The van der Waals surface area contributed by atoms with Gasteiger partial charge in [-0.2, -0.15) is 0 Å². The first-order valence-corrected chi connectivity index (χ1v) is 33.3. The summed E-state index contributed by atoms with van der Waals surface area (Å²) in [5.41, 5.74) is 2.94. The summed E-state index contributed by atoms with van der Waals surface area (Å²) in [6.45, 7) is 11.3. The van der Waals surface area contributed by atoms with Gasteiger partial charge in [-0.05, 0) is 184 Å². The van der Waals surface area contributed by atoms with Crippen molar-refractivity contribution in [3.63, 3.8) is 0 Å². The number of halogens is 6. The number of methoxy groups -OCH3 is 1. The Morgan fingerprint density at radius 1 is 0.576 bits per heavy atom. The number of alkyl halides is 2. The summed E-state index contributed by atoms with van der Waals surface area (Å²) in [4.78, 5) is 92.1. The summed E-state index contributed by atoms with van der Waals surface area (Å²) in [6.07, 6.45) is 8.26. The molecule has 4 aromatic carbocycles. The standard InChI is InChI=1S/C38H41F3N4O4.C37H39F3N4O4.Li.H2O/c1-22(2)38(41)12-8-32-28(20-38)17-26-16-27(18-30(39)34(26)43-32)35(46)44-33(11-15-45-13-9-25(10-14-45)37(48)49-3)24-6-4-23(5-7-24)29-19-31(40)36(47)42-21-29;1-21(2)37(40)11-7-31-27(19-37)16-25-15-26(17-29(38)33(25)42-31)34(45)43-32(10-14-44-12-8-24(9-13-44)36(47)48)23-5-3-22(4-6-23)28-18-30(39)35(46)41-20-28;;/h4-7,16-19,21-22,25,33H,8-15,20H2,1-3H3,(H,42,47)(H,44,46);3-6,15-18,20-21,24,32H,7-14,19H2,1-2H3,(H,41,46)(H,43,45)(H,47,48);;1H2/q;;+1;/p-1/t33-,38+;32-,37+;;/m11../s1. The van der Waals surface area contributed by atoms with Crippen LogP contribution in [0.4, 0.5) is 26.3 Å². The molecule has 8 aromatic rings. The molecule has 0 unspecified atom stereocenters. The Morgan fingerprint density at radius 2 is 0.960 bits per heavy atom. The number of hydrogen-bond acceptors (Lipinski definition) is 12. The normalized spacial score (nSPS) is 18.8. The van der Waals surface area contributed by atoms with E-state index in [0.717, 1.165) is 28.3 Å². The number of aromatic nitrogens is 4. The van der Waals surface area contributed by atoms with Crippen molar-refractivity contribution in [2.45, 2.75) is 128 Å². The van der Waals surface area contributed by atoms with Gasteiger partial charge in [-0.1, -0.05) is 76.2 Å². The van der Waals surface area contributed by atoms with Crippen LogP contribution in [0.15, 0.2) is 119 Å². The topological polar surface area (TPSA) is 250 Å². The number of likely N-dealkylation sites (tertiary alicyclic amines) is 2. The molecule has 4 aromatic heterocycles. The molecule has 24 heteroatoms. The number of amides is 2. The summed E-state index contributed by atoms with van der Waals surface area (Å²) in [6, 6.07) is 24.9. The van der Waals surface area contributed by atoms with Gasteiger partial charge in [-0.15, -0.1) is 0 Å². The molecule has 2 aliphatic carbocycles. The number of nitrogens with one attached hydrogen (secondary N) is 4. The molecular weight excluding hydrogens is 1280 g/mol. The Hall–Kier alpha value is -8.46. The first-order valence-electron chi connectivity index (χ1n) is 33.3. The molecule has 2 amide bonds. The number of carboxylic acid groups (broad SMARTS) is 1. The maximum Gasteiger partial charge on any atom is 1.00 e. The largest absolute Gasteiger partial charge is 1.00 e. The number of piperidine rings is 2. The Morgan fingerprint density at radius 3 is 1.31 bits per heavy atom. The predicted molar refractivity (Wildman–Crippen MR) is 359 cm³/mol. The van der Waals surface area contributed by atoms with E-state index in [-0.39, 0.29) is 89.0 Å². The maximum absolute atomic E-state index is 15.6. The van der Waals surface area contributed by atoms with Crippen molar-refractivity contribution in [2.75, 3.05) is 46.4 Å². The van der Waals surface area contributed by atoms with Gasteiger partial charge in [0.25, 0.3) is 22.9 Å². The Kier molecular flexibility index (Phi) is 24.0. The van der Waals surface area contributed by atoms with E-state index in [2.05, 4.69) is 40.4 Å². The summed E-state index contributed by atoms with van der Waals surface area (Å²) in [7, 11) is 1.40. The number of nitrogens with zero attached hydrogens (tertiary/aromatic N) is 4. The number of fused-ring (bicyclic) bond motifs is 4. The van der Waals surface area contributed by atoms with E-state index < -0.39 is 75.6 Å². The van der Waals surface area contributed by atoms with Gasteiger partial charge in [0.1, 0.15) is 34.0 Å². The third-order valence-electron chi connectivity index (χ3n) is 20.3. The fourth-order valence-electron chi connectivity index (χ4n) is 13.9. The van der Waals surface area contributed by atoms with Crippen LogP contribution in [0.1, 0.15) is 146 Å². The third kappa shape index (κ3) is 17.2. The Balaban J connectivity index is 0.000000227. The van der Waals surface area contributed by atoms with E-state index in [9.17, 15) is 42.7 Å². The van der Waals surface area contributed by atoms with Crippen molar-refractivity contribution in [2.24, 2.45) is 23.7 Å². The van der Waals surface area contributed by atoms with Gasteiger partial charge >= 0.3 is 30.8 Å². The van der Waals surface area contributed by atoms with E-state index in [0.29, 0.717) is 148 Å². The van der Waals surface area contributed by atoms with Crippen LogP contribution >= 0.6 is 0 Å². The summed E-state index contributed by atoms with van der Waals surface area (Å²) >= 11 is 0. The minimum atomic E-state index is -1.37. The first-order chi connectivity index (χ1) is 46.3. The van der Waals surface area contributed by atoms with Crippen molar-refractivity contribution in [3.05, 3.63) is 198 Å². The van der Waals surface area contributed by atoms with Crippen LogP contribution < -0.4 is 40.6 Å². The van der Waals surface area contributed by atoms with Gasteiger partial charge in [0.2, 0.25) is 0 Å². The third-order valence-corrected chi connectivity index (χ3v) is 20.3. The molecule has 4 atom stereocenters. The van der Waals surface area contributed by atoms with Gasteiger partial charge in [0, 0.05) is 82.7 Å². The molecule has 0 bridgehead atoms. The second-order valence-corrected chi connectivity index (χ2v) is 27.1. The van der Waals surface area contributed by atoms with Crippen molar-refractivity contribution in [3.8, 4) is 22.3 Å². The molecular formula is C75H81F6LiN8O9. The zero-order chi connectivity index (χ0) is 69.0. The first kappa shape index (κ1) is 74.8. The smallest absolute Gasteiger partial charge is 0.870 e. The SMILES string of the molecule is CC(C)[C@]1(F)CCc2nc3c(F)cc(C(=O)N[C@H](CCN4CCC(C(=O)O)CC4)c4ccc(-c5c[nH]c(=O)c(F)c5)cc4)cc3cc2C1.COC(=O)C1CCN(CC[C@@H](NC(=O)c2cc(F)c3nc4c(cc3c2)C[C@](F)(C(C)C)CC4)c2ccc(-c3c[nH]c(=O)c(F)c3)cc2)CC1.[Li+].[OH-]. The molecule has 0 radical (unpaired) electrons. The van der Waals surface area contributed by atoms with Crippen LogP contribution in [-0.4, -0.2) is 122 Å². The number of esters is 1. The number of benzene rings is 4. The van der Waals surface area contributed by atoms with E-state index in [1.54, 1.807) is 48.5 Å². The predicted octanol–water partition coefficient (Wildman–Crippen LogP) is 9.67. The maximum atomic E-state index is 15.6. The number of aliphatic carboxylic acids is 1. The number of H-pyrrole nitrogens is 2. The molecule has 6 N–H and O–H groups in total. The number of pyridine rings is 4. The number of aryl methyl sites for hydroxylation is 2. The summed E-state index contributed by atoms with van der Waals surface area (Å²) in [5, 5.41) is 16.4. The molecule has 4 aliphatic rings. The molecule has 2 saturated heterocycles. The van der Waals surface area contributed by atoms with Crippen molar-refractivity contribution >= 4 is 45.6 Å². The van der Waals surface area contributed by atoms with Crippen molar-refractivity contribution in [1.82, 2.24) is 40.4 Å². The van der Waals surface area contributed by atoms with Crippen LogP contribution in [0.2, 0.25) is 0 Å². The average Bonchev–Trinajstić information content (AvgIpc) is 0.768. The van der Waals surface area contributed by atoms with E-state index in [1.807, 2.05) is 52.0 Å². The number of hydrogen-bond donors (Lipinski definition) is 5. The molecule has 12 rings (SSSR count). The minimum absolute atomic E-state index is 0.